The highest BCUT2D eigenvalue weighted by atomic mass is 19.1. The molecular weight excluding hydrogens is 587 g/mol. The number of esters is 4. The highest BCUT2D eigenvalue weighted by Gasteiger charge is 2.27. The number of fused-ring (bicyclic) bond motifs is 3. The number of carbonyl (C=O) groups is 4. The summed E-state index contributed by atoms with van der Waals surface area (Å²) >= 11 is 0. The van der Waals surface area contributed by atoms with Gasteiger partial charge in [-0.2, -0.15) is 0 Å². The molecule has 0 spiro atoms. The summed E-state index contributed by atoms with van der Waals surface area (Å²) < 4.78 is 40.3. The lowest BCUT2D eigenvalue weighted by Crippen LogP contribution is -2.14. The Morgan fingerprint density at radius 1 is 0.844 bits per heavy atom. The normalized spacial score (nSPS) is 12.8. The first-order valence-electron chi connectivity index (χ1n) is 13.9. The van der Waals surface area contributed by atoms with Crippen LogP contribution in [0.15, 0.2) is 78.9 Å². The van der Waals surface area contributed by atoms with Crippen molar-refractivity contribution in [2.45, 2.75) is 25.7 Å². The van der Waals surface area contributed by atoms with Crippen LogP contribution in [-0.2, 0) is 23.9 Å². The van der Waals surface area contributed by atoms with Crippen molar-refractivity contribution >= 4 is 23.9 Å². The molecular formula is C34H31FO10. The van der Waals surface area contributed by atoms with Crippen LogP contribution in [0.1, 0.15) is 47.2 Å². The minimum atomic E-state index is -0.988. The Morgan fingerprint density at radius 2 is 1.51 bits per heavy atom. The molecule has 0 aliphatic heterocycles. The Kier molecular flexibility index (Phi) is 10.5. The van der Waals surface area contributed by atoms with Crippen LogP contribution in [0.4, 0.5) is 4.39 Å². The first kappa shape index (κ1) is 32.6. The average Bonchev–Trinajstić information content (AvgIpc) is 3.31. The molecule has 234 valence electrons. The maximum atomic E-state index is 14.5. The van der Waals surface area contributed by atoms with Crippen LogP contribution in [0.5, 0.6) is 17.2 Å². The fourth-order valence-corrected chi connectivity index (χ4v) is 4.56. The molecule has 0 aromatic heterocycles. The van der Waals surface area contributed by atoms with E-state index in [2.05, 4.69) is 17.9 Å². The number of benzene rings is 3. The van der Waals surface area contributed by atoms with E-state index in [9.17, 15) is 23.6 Å². The molecule has 1 atom stereocenters. The zero-order valence-corrected chi connectivity index (χ0v) is 24.7. The Labute approximate surface area is 258 Å². The number of aliphatic hydroxyl groups excluding tert-OH is 1. The Balaban J connectivity index is 1.33. The molecule has 45 heavy (non-hydrogen) atoms. The number of rotatable bonds is 13. The summed E-state index contributed by atoms with van der Waals surface area (Å²) in [5.74, 6) is -3.53. The molecule has 1 aliphatic carbocycles. The van der Waals surface area contributed by atoms with Crippen LogP contribution < -0.4 is 14.2 Å². The van der Waals surface area contributed by atoms with Gasteiger partial charge < -0.3 is 28.8 Å². The predicted octanol–water partition coefficient (Wildman–Crippen LogP) is 5.06. The number of halogens is 1. The SMILES string of the molecule is C=C(CC(=O)OC)C(=O)OCCCOc1ccc2c(c1)C(C)c1cc(OC(=O)c3ccc(OC(=O)C(=C)CO)c(F)c3)ccc1-2. The summed E-state index contributed by atoms with van der Waals surface area (Å²) in [4.78, 5) is 47.7. The predicted molar refractivity (Wildman–Crippen MR) is 159 cm³/mol. The van der Waals surface area contributed by atoms with E-state index in [1.165, 1.54) is 13.2 Å². The minimum absolute atomic E-state index is 0.0164. The largest absolute Gasteiger partial charge is 0.493 e. The number of aliphatic hydroxyl groups is 1. The van der Waals surface area contributed by atoms with Gasteiger partial charge in [0.2, 0.25) is 0 Å². The second-order valence-corrected chi connectivity index (χ2v) is 10.1. The molecule has 3 aromatic carbocycles. The molecule has 4 rings (SSSR count). The van der Waals surface area contributed by atoms with Crippen LogP contribution in [0.25, 0.3) is 11.1 Å². The summed E-state index contributed by atoms with van der Waals surface area (Å²) in [5, 5.41) is 8.96. The Morgan fingerprint density at radius 3 is 2.16 bits per heavy atom. The maximum absolute atomic E-state index is 14.5. The number of methoxy groups -OCH3 is 1. The molecule has 11 heteroatoms. The molecule has 10 nitrogen and oxygen atoms in total. The van der Waals surface area contributed by atoms with E-state index in [1.807, 2.05) is 31.2 Å². The van der Waals surface area contributed by atoms with Gasteiger partial charge in [0.05, 0.1) is 44.5 Å². The van der Waals surface area contributed by atoms with Crippen LogP contribution >= 0.6 is 0 Å². The monoisotopic (exact) mass is 618 g/mol. The molecule has 0 fully saturated rings. The molecule has 1 aliphatic rings. The van der Waals surface area contributed by atoms with E-state index in [0.717, 1.165) is 34.4 Å². The summed E-state index contributed by atoms with van der Waals surface area (Å²) in [6.07, 6.45) is 0.194. The van der Waals surface area contributed by atoms with Crippen molar-refractivity contribution in [1.29, 1.82) is 0 Å². The molecule has 0 saturated heterocycles. The van der Waals surface area contributed by atoms with Crippen LogP contribution in [0.3, 0.4) is 0 Å². The van der Waals surface area contributed by atoms with E-state index in [4.69, 9.17) is 24.1 Å². The molecule has 3 aromatic rings. The van der Waals surface area contributed by atoms with Gasteiger partial charge in [0, 0.05) is 17.9 Å². The van der Waals surface area contributed by atoms with Gasteiger partial charge in [0.25, 0.3) is 0 Å². The lowest BCUT2D eigenvalue weighted by molar-refractivity contribution is -0.144. The second kappa shape index (κ2) is 14.5. The number of carbonyl (C=O) groups excluding carboxylic acids is 4. The van der Waals surface area contributed by atoms with Crippen molar-refractivity contribution < 1.29 is 52.4 Å². The van der Waals surface area contributed by atoms with E-state index in [1.54, 1.807) is 12.1 Å². The Bertz CT molecular complexity index is 1680. The van der Waals surface area contributed by atoms with Crippen molar-refractivity contribution in [3.63, 3.8) is 0 Å². The summed E-state index contributed by atoms with van der Waals surface area (Å²) in [5.41, 5.74) is 3.63. The van der Waals surface area contributed by atoms with Gasteiger partial charge in [-0.25, -0.2) is 18.8 Å². The van der Waals surface area contributed by atoms with Gasteiger partial charge in [-0.05, 0) is 64.7 Å². The maximum Gasteiger partial charge on any atom is 0.343 e. The van der Waals surface area contributed by atoms with Crippen molar-refractivity contribution in [3.8, 4) is 28.4 Å². The first-order valence-corrected chi connectivity index (χ1v) is 13.9. The summed E-state index contributed by atoms with van der Waals surface area (Å²) in [6.45, 7) is 8.62. The number of hydrogen-bond acceptors (Lipinski definition) is 10. The zero-order chi connectivity index (χ0) is 32.7. The zero-order valence-electron chi connectivity index (χ0n) is 24.7. The molecule has 0 amide bonds. The molecule has 0 bridgehead atoms. The van der Waals surface area contributed by atoms with Gasteiger partial charge in [0.15, 0.2) is 11.6 Å². The van der Waals surface area contributed by atoms with Gasteiger partial charge in [-0.1, -0.05) is 32.2 Å². The molecule has 0 heterocycles. The van der Waals surface area contributed by atoms with Crippen molar-refractivity contribution in [2.24, 2.45) is 0 Å². The van der Waals surface area contributed by atoms with E-state index < -0.39 is 42.1 Å². The van der Waals surface area contributed by atoms with Crippen LogP contribution in [0, 0.1) is 5.82 Å². The Hall–Kier alpha value is -5.29. The third kappa shape index (κ3) is 7.81. The van der Waals surface area contributed by atoms with Crippen molar-refractivity contribution in [1.82, 2.24) is 0 Å². The lowest BCUT2D eigenvalue weighted by atomic mass is 9.99. The molecule has 0 radical (unpaired) electrons. The smallest absolute Gasteiger partial charge is 0.343 e. The highest BCUT2D eigenvalue weighted by Crippen LogP contribution is 2.47. The first-order chi connectivity index (χ1) is 21.5. The third-order valence-electron chi connectivity index (χ3n) is 6.99. The van der Waals surface area contributed by atoms with Crippen molar-refractivity contribution in [3.05, 3.63) is 101 Å². The summed E-state index contributed by atoms with van der Waals surface area (Å²) in [6, 6.07) is 14.2. The van der Waals surface area contributed by atoms with Crippen LogP contribution in [0.2, 0.25) is 0 Å². The summed E-state index contributed by atoms with van der Waals surface area (Å²) in [7, 11) is 1.22. The lowest BCUT2D eigenvalue weighted by Gasteiger charge is -2.11. The number of ether oxygens (including phenoxy) is 5. The average molecular weight is 619 g/mol. The quantitative estimate of drug-likeness (QED) is 0.120. The highest BCUT2D eigenvalue weighted by molar-refractivity contribution is 5.93. The fourth-order valence-electron chi connectivity index (χ4n) is 4.56. The molecule has 1 N–H and O–H groups in total. The van der Waals surface area contributed by atoms with Gasteiger partial charge in [-0.15, -0.1) is 0 Å². The van der Waals surface area contributed by atoms with Gasteiger partial charge in [-0.3, -0.25) is 4.79 Å². The van der Waals surface area contributed by atoms with Gasteiger partial charge >= 0.3 is 23.9 Å². The second-order valence-electron chi connectivity index (χ2n) is 10.1. The van der Waals surface area contributed by atoms with E-state index in [-0.39, 0.29) is 41.4 Å². The topological polar surface area (TPSA) is 135 Å². The minimum Gasteiger partial charge on any atom is -0.493 e. The third-order valence-corrected chi connectivity index (χ3v) is 6.99. The molecule has 1 unspecified atom stereocenters. The molecule has 0 saturated carbocycles. The van der Waals surface area contributed by atoms with E-state index >= 15 is 0 Å². The number of hydrogen-bond donors (Lipinski definition) is 1. The van der Waals surface area contributed by atoms with Crippen molar-refractivity contribution in [2.75, 3.05) is 26.9 Å². The fraction of sp³-hybridized carbons (Fsp3) is 0.235. The van der Waals surface area contributed by atoms with E-state index in [0.29, 0.717) is 18.8 Å². The van der Waals surface area contributed by atoms with Gasteiger partial charge in [0.1, 0.15) is 11.5 Å². The van der Waals surface area contributed by atoms with Crippen LogP contribution in [-0.4, -0.2) is 55.9 Å². The standard InChI is InChI=1S/C34H31FO10/c1-19(14-31(37)41-4)32(38)43-13-5-12-42-23-7-9-25-26-10-8-24(17-28(26)21(3)27(25)16-23)44-34(40)22-6-11-30(29(35)15-22)45-33(39)20(2)18-36/h6-11,15-17,21,36H,1-2,5,12-14,18H2,3-4H3.